The highest BCUT2D eigenvalue weighted by atomic mass is 35.5. The number of nitrogens with zero attached hydrogens (tertiary/aromatic N) is 2. The number of pyridine rings is 1. The fourth-order valence-corrected chi connectivity index (χ4v) is 3.91. The van der Waals surface area contributed by atoms with E-state index >= 15 is 0 Å². The van der Waals surface area contributed by atoms with E-state index in [1.807, 2.05) is 0 Å². The lowest BCUT2D eigenvalue weighted by molar-refractivity contribution is 0.0694. The largest absolute Gasteiger partial charge is 0.477 e. The minimum absolute atomic E-state index is 0.00143. The van der Waals surface area contributed by atoms with Crippen molar-refractivity contribution in [3.8, 4) is 0 Å². The van der Waals surface area contributed by atoms with Crippen molar-refractivity contribution in [2.24, 2.45) is 5.73 Å². The first kappa shape index (κ1) is 22.5. The zero-order chi connectivity index (χ0) is 22.4. The fraction of sp³-hybridized carbons (Fsp3) is 0.444. The molecule has 2 aromatic rings. The van der Waals surface area contributed by atoms with Gasteiger partial charge in [0.15, 0.2) is 0 Å². The van der Waals surface area contributed by atoms with E-state index in [2.05, 4.69) is 0 Å². The van der Waals surface area contributed by atoms with E-state index in [9.17, 15) is 27.5 Å². The van der Waals surface area contributed by atoms with E-state index in [0.29, 0.717) is 24.9 Å². The van der Waals surface area contributed by atoms with Gasteiger partial charge in [-0.1, -0.05) is 11.6 Å². The molecule has 0 radical (unpaired) electrons. The van der Waals surface area contributed by atoms with Crippen LogP contribution in [0.4, 0.5) is 10.1 Å². The first-order chi connectivity index (χ1) is 13.9. The van der Waals surface area contributed by atoms with Gasteiger partial charge < -0.3 is 20.3 Å². The summed E-state index contributed by atoms with van der Waals surface area (Å²) in [5.74, 6) is -1.96. The summed E-state index contributed by atoms with van der Waals surface area (Å²) in [7, 11) is -3.67. The van der Waals surface area contributed by atoms with Crippen molar-refractivity contribution in [2.45, 2.75) is 31.3 Å². The van der Waals surface area contributed by atoms with E-state index in [1.165, 1.54) is 6.20 Å². The summed E-state index contributed by atoms with van der Waals surface area (Å²) >= 11 is 6.53. The molecule has 1 aliphatic carbocycles. The number of carboxylic acid groups (broad SMARTS) is 1. The van der Waals surface area contributed by atoms with Crippen LogP contribution < -0.4 is 16.1 Å². The highest BCUT2D eigenvalue weighted by Gasteiger charge is 2.31. The molecule has 0 amide bonds. The first-order valence-electron chi connectivity index (χ1n) is 9.11. The third-order valence-corrected chi connectivity index (χ3v) is 5.25. The molecule has 4 N–H and O–H groups in total. The second-order valence-electron chi connectivity index (χ2n) is 7.46. The summed E-state index contributed by atoms with van der Waals surface area (Å²) in [4.78, 5) is 25.7. The number of hydrogen-bond donors (Lipinski definition) is 3. The molecule has 1 aromatic heterocycles. The molecule has 2 heterocycles. The maximum Gasteiger partial charge on any atom is 0.341 e. The SMILES string of the molecule is CS(=O)(=O)O.NC1CCN(c2c(F)cc3c(=O)c(C(=O)O)cn(C4CC4)c3c2Cl)C1. The molecule has 164 valence electrons. The second-order valence-corrected chi connectivity index (χ2v) is 9.30. The van der Waals surface area contributed by atoms with Crippen LogP contribution in [0, 0.1) is 5.82 Å². The Morgan fingerprint density at radius 1 is 1.33 bits per heavy atom. The third-order valence-electron chi connectivity index (χ3n) is 4.90. The van der Waals surface area contributed by atoms with Gasteiger partial charge in [-0.2, -0.15) is 8.42 Å². The monoisotopic (exact) mass is 461 g/mol. The maximum atomic E-state index is 14.8. The Balaban J connectivity index is 0.000000461. The standard InChI is InChI=1S/C17H17ClFN3O3.CH4O3S/c18-13-14-10(5-12(19)15(13)21-4-3-8(20)6-21)16(23)11(17(24)25)7-22(14)9-1-2-9;1-5(2,3)4/h5,7-9H,1-4,6,20H2,(H,24,25);1H3,(H,2,3,4). The normalized spacial score (nSPS) is 19.0. The maximum absolute atomic E-state index is 14.8. The summed E-state index contributed by atoms with van der Waals surface area (Å²) in [6.07, 6.45) is 4.52. The lowest BCUT2D eigenvalue weighted by atomic mass is 10.1. The van der Waals surface area contributed by atoms with E-state index < -0.39 is 27.3 Å². The Morgan fingerprint density at radius 2 is 1.93 bits per heavy atom. The van der Waals surface area contributed by atoms with E-state index in [4.69, 9.17) is 21.9 Å². The molecule has 1 saturated heterocycles. The Kier molecular flexibility index (Phi) is 6.10. The number of carbonyl (C=O) groups is 1. The topological polar surface area (TPSA) is 143 Å². The van der Waals surface area contributed by atoms with Crippen LogP contribution in [0.1, 0.15) is 35.7 Å². The number of nitrogens with two attached hydrogens (primary N) is 1. The molecular weight excluding hydrogens is 441 g/mol. The highest BCUT2D eigenvalue weighted by Crippen LogP contribution is 2.42. The van der Waals surface area contributed by atoms with E-state index in [-0.39, 0.29) is 33.7 Å². The molecule has 0 spiro atoms. The minimum atomic E-state index is -3.67. The predicted octanol–water partition coefficient (Wildman–Crippen LogP) is 1.87. The van der Waals surface area contributed by atoms with E-state index in [1.54, 1.807) is 9.47 Å². The number of aromatic carboxylic acids is 1. The molecule has 1 unspecified atom stereocenters. The Labute approximate surface area is 176 Å². The lowest BCUT2D eigenvalue weighted by Crippen LogP contribution is -2.27. The van der Waals surface area contributed by atoms with Crippen LogP contribution in [0.3, 0.4) is 0 Å². The van der Waals surface area contributed by atoms with Gasteiger partial charge in [-0.25, -0.2) is 9.18 Å². The van der Waals surface area contributed by atoms with Crippen LogP contribution in [0.15, 0.2) is 17.1 Å². The molecular formula is C18H21ClFN3O6S. The number of carboxylic acids is 1. The van der Waals surface area contributed by atoms with Crippen LogP contribution in [-0.2, 0) is 10.1 Å². The number of hydrogen-bond acceptors (Lipinski definition) is 6. The predicted molar refractivity (Wildman–Crippen MR) is 111 cm³/mol. The third kappa shape index (κ3) is 4.75. The van der Waals surface area contributed by atoms with Crippen LogP contribution >= 0.6 is 11.6 Å². The number of halogens is 2. The van der Waals surface area contributed by atoms with Gasteiger partial charge in [-0.15, -0.1) is 0 Å². The second kappa shape index (κ2) is 8.14. The molecule has 2 fully saturated rings. The Morgan fingerprint density at radius 3 is 2.40 bits per heavy atom. The number of fused-ring (bicyclic) bond motifs is 1. The van der Waals surface area contributed by atoms with Crippen molar-refractivity contribution in [2.75, 3.05) is 24.2 Å². The minimum Gasteiger partial charge on any atom is -0.477 e. The van der Waals surface area contributed by atoms with Gasteiger partial charge in [0.2, 0.25) is 5.43 Å². The molecule has 4 rings (SSSR count). The van der Waals surface area contributed by atoms with Crippen LogP contribution in [0.5, 0.6) is 0 Å². The van der Waals surface area contributed by atoms with Crippen molar-refractivity contribution in [1.82, 2.24) is 4.57 Å². The lowest BCUT2D eigenvalue weighted by Gasteiger charge is -2.23. The molecule has 2 aliphatic rings. The van der Waals surface area contributed by atoms with Gasteiger partial charge in [0.1, 0.15) is 11.4 Å². The van der Waals surface area contributed by atoms with Gasteiger partial charge >= 0.3 is 5.97 Å². The fourth-order valence-electron chi connectivity index (χ4n) is 3.50. The number of anilines is 1. The molecule has 9 nitrogen and oxygen atoms in total. The van der Waals surface area contributed by atoms with E-state index in [0.717, 1.165) is 25.3 Å². The quantitative estimate of drug-likeness (QED) is 0.588. The molecule has 12 heteroatoms. The van der Waals surface area contributed by atoms with Gasteiger partial charge in [-0.3, -0.25) is 9.35 Å². The zero-order valence-electron chi connectivity index (χ0n) is 16.0. The number of rotatable bonds is 3. The summed E-state index contributed by atoms with van der Waals surface area (Å²) in [6.45, 7) is 1.08. The van der Waals surface area contributed by atoms with Crippen molar-refractivity contribution in [1.29, 1.82) is 0 Å². The Bertz CT molecular complexity index is 1170. The summed E-state index contributed by atoms with van der Waals surface area (Å²) < 4.78 is 42.3. The Hall–Kier alpha value is -2.21. The van der Waals surface area contributed by atoms with Gasteiger partial charge in [0.25, 0.3) is 10.1 Å². The molecule has 1 atom stereocenters. The van der Waals surface area contributed by atoms with Crippen molar-refractivity contribution in [3.63, 3.8) is 0 Å². The molecule has 1 aromatic carbocycles. The number of benzene rings is 1. The van der Waals surface area contributed by atoms with Crippen LogP contribution in [-0.4, -0.2) is 54.0 Å². The average Bonchev–Trinajstić information content (AvgIpc) is 3.36. The van der Waals surface area contributed by atoms with Crippen molar-refractivity contribution in [3.05, 3.63) is 38.9 Å². The molecule has 1 saturated carbocycles. The van der Waals surface area contributed by atoms with Gasteiger partial charge in [0.05, 0.1) is 27.9 Å². The van der Waals surface area contributed by atoms with Crippen molar-refractivity contribution < 1.29 is 27.3 Å². The van der Waals surface area contributed by atoms with Crippen molar-refractivity contribution >= 4 is 44.3 Å². The molecule has 1 aliphatic heterocycles. The van der Waals surface area contributed by atoms with Crippen LogP contribution in [0.2, 0.25) is 5.02 Å². The van der Waals surface area contributed by atoms with Gasteiger partial charge in [0, 0.05) is 31.4 Å². The summed E-state index contributed by atoms with van der Waals surface area (Å²) in [5, 5.41) is 9.43. The highest BCUT2D eigenvalue weighted by molar-refractivity contribution is 7.85. The first-order valence-corrected chi connectivity index (χ1v) is 11.3. The van der Waals surface area contributed by atoms with Gasteiger partial charge in [-0.05, 0) is 25.3 Å². The zero-order valence-corrected chi connectivity index (χ0v) is 17.6. The number of aromatic nitrogens is 1. The average molecular weight is 462 g/mol. The van der Waals surface area contributed by atoms with Crippen LogP contribution in [0.25, 0.3) is 10.9 Å². The summed E-state index contributed by atoms with van der Waals surface area (Å²) in [6, 6.07) is 1.14. The molecule has 30 heavy (non-hydrogen) atoms. The molecule has 0 bridgehead atoms. The summed E-state index contributed by atoms with van der Waals surface area (Å²) in [5.41, 5.74) is 5.46. The smallest absolute Gasteiger partial charge is 0.341 e.